The van der Waals surface area contributed by atoms with Crippen LogP contribution in [0, 0.1) is 5.92 Å². The molecule has 126 valence electrons. The van der Waals surface area contributed by atoms with E-state index in [4.69, 9.17) is 4.74 Å². The first-order valence-electron chi connectivity index (χ1n) is 8.11. The maximum atomic E-state index is 12.1. The molecule has 0 heterocycles. The topological polar surface area (TPSA) is 55.4 Å². The fourth-order valence-electron chi connectivity index (χ4n) is 2.30. The van der Waals surface area contributed by atoms with Crippen LogP contribution < -0.4 is 5.32 Å². The maximum Gasteiger partial charge on any atom is 0.338 e. The Morgan fingerprint density at radius 3 is 2.17 bits per heavy atom. The summed E-state index contributed by atoms with van der Waals surface area (Å²) in [7, 11) is 0. The lowest BCUT2D eigenvalue weighted by atomic mass is 10.0. The van der Waals surface area contributed by atoms with Crippen molar-refractivity contribution in [1.29, 1.82) is 0 Å². The first-order valence-corrected chi connectivity index (χ1v) is 8.11. The third-order valence-corrected chi connectivity index (χ3v) is 3.53. The minimum atomic E-state index is -0.868. The standard InChI is InChI=1S/C20H23NO3/c1-14(2)13-16-9-11-17(12-10-16)20(23)24-15(3)19(22)21-18-7-5-4-6-8-18/h4-12,14-15H,13H2,1-3H3,(H,21,22)/t15-/m0/s1. The van der Waals surface area contributed by atoms with Crippen molar-refractivity contribution in [2.75, 3.05) is 5.32 Å². The number of ether oxygens (including phenoxy) is 1. The summed E-state index contributed by atoms with van der Waals surface area (Å²) in [5.74, 6) is -0.294. The van der Waals surface area contributed by atoms with E-state index in [-0.39, 0.29) is 5.91 Å². The van der Waals surface area contributed by atoms with Gasteiger partial charge in [-0.05, 0) is 49.1 Å². The average Bonchev–Trinajstić information content (AvgIpc) is 2.55. The molecule has 1 N–H and O–H groups in total. The van der Waals surface area contributed by atoms with Gasteiger partial charge in [-0.25, -0.2) is 4.79 Å². The Morgan fingerprint density at radius 2 is 1.58 bits per heavy atom. The first-order chi connectivity index (χ1) is 11.5. The second-order valence-corrected chi connectivity index (χ2v) is 6.20. The zero-order valence-electron chi connectivity index (χ0n) is 14.3. The number of rotatable bonds is 6. The minimum Gasteiger partial charge on any atom is -0.449 e. The highest BCUT2D eigenvalue weighted by molar-refractivity contribution is 5.97. The second-order valence-electron chi connectivity index (χ2n) is 6.20. The second kappa shape index (κ2) is 8.29. The summed E-state index contributed by atoms with van der Waals surface area (Å²) in [5.41, 5.74) is 2.29. The van der Waals surface area contributed by atoms with Crippen LogP contribution >= 0.6 is 0 Å². The van der Waals surface area contributed by atoms with Crippen molar-refractivity contribution >= 4 is 17.6 Å². The van der Waals surface area contributed by atoms with Crippen molar-refractivity contribution in [2.45, 2.75) is 33.3 Å². The van der Waals surface area contributed by atoms with Crippen molar-refractivity contribution in [3.8, 4) is 0 Å². The van der Waals surface area contributed by atoms with Gasteiger partial charge in [0.25, 0.3) is 5.91 Å². The van der Waals surface area contributed by atoms with Gasteiger partial charge < -0.3 is 10.1 Å². The number of carbonyl (C=O) groups is 2. The van der Waals surface area contributed by atoms with Crippen LogP contribution in [0.5, 0.6) is 0 Å². The number of nitrogens with one attached hydrogen (secondary N) is 1. The normalized spacial score (nSPS) is 11.8. The molecule has 4 nitrogen and oxygen atoms in total. The number of para-hydroxylation sites is 1. The smallest absolute Gasteiger partial charge is 0.338 e. The molecule has 0 saturated heterocycles. The summed E-state index contributed by atoms with van der Waals surface area (Å²) < 4.78 is 5.24. The third kappa shape index (κ3) is 5.23. The van der Waals surface area contributed by atoms with Gasteiger partial charge >= 0.3 is 5.97 Å². The van der Waals surface area contributed by atoms with E-state index in [0.717, 1.165) is 6.42 Å². The van der Waals surface area contributed by atoms with Gasteiger partial charge in [-0.2, -0.15) is 0 Å². The Balaban J connectivity index is 1.92. The van der Waals surface area contributed by atoms with Crippen molar-refractivity contribution < 1.29 is 14.3 Å². The monoisotopic (exact) mass is 325 g/mol. The van der Waals surface area contributed by atoms with Crippen LogP contribution in [0.1, 0.15) is 36.7 Å². The molecule has 0 radical (unpaired) electrons. The lowest BCUT2D eigenvalue weighted by Crippen LogP contribution is -2.29. The number of amides is 1. The van der Waals surface area contributed by atoms with Crippen molar-refractivity contribution in [3.05, 3.63) is 65.7 Å². The molecule has 0 aliphatic rings. The summed E-state index contributed by atoms with van der Waals surface area (Å²) >= 11 is 0. The van der Waals surface area contributed by atoms with Crippen LogP contribution in [0.2, 0.25) is 0 Å². The molecular weight excluding hydrogens is 302 g/mol. The van der Waals surface area contributed by atoms with Crippen LogP contribution in [0.4, 0.5) is 5.69 Å². The minimum absolute atomic E-state index is 0.356. The molecule has 2 aromatic carbocycles. The Morgan fingerprint density at radius 1 is 0.958 bits per heavy atom. The molecule has 1 amide bonds. The number of anilines is 1. The predicted octanol–water partition coefficient (Wildman–Crippen LogP) is 4.07. The van der Waals surface area contributed by atoms with E-state index in [0.29, 0.717) is 17.2 Å². The predicted molar refractivity (Wildman–Crippen MR) is 94.9 cm³/mol. The molecule has 0 aliphatic carbocycles. The van der Waals surface area contributed by atoms with E-state index < -0.39 is 12.1 Å². The quantitative estimate of drug-likeness (QED) is 0.815. The SMILES string of the molecule is CC(C)Cc1ccc(C(=O)O[C@@H](C)C(=O)Nc2ccccc2)cc1. The van der Waals surface area contributed by atoms with E-state index in [1.54, 1.807) is 31.2 Å². The molecule has 0 spiro atoms. The molecule has 0 bridgehead atoms. The molecule has 2 aromatic rings. The van der Waals surface area contributed by atoms with Gasteiger partial charge in [0.1, 0.15) is 0 Å². The molecule has 2 rings (SSSR count). The molecule has 0 saturated carbocycles. The van der Waals surface area contributed by atoms with Gasteiger partial charge in [-0.15, -0.1) is 0 Å². The highest BCUT2D eigenvalue weighted by Crippen LogP contribution is 2.12. The molecule has 4 heteroatoms. The summed E-state index contributed by atoms with van der Waals surface area (Å²) in [4.78, 5) is 24.2. The van der Waals surface area contributed by atoms with Crippen molar-refractivity contribution in [3.63, 3.8) is 0 Å². The number of carbonyl (C=O) groups excluding carboxylic acids is 2. The van der Waals surface area contributed by atoms with E-state index in [1.165, 1.54) is 5.56 Å². The third-order valence-electron chi connectivity index (χ3n) is 3.53. The maximum absolute atomic E-state index is 12.1. The molecule has 0 aliphatic heterocycles. The zero-order chi connectivity index (χ0) is 17.5. The highest BCUT2D eigenvalue weighted by Gasteiger charge is 2.19. The first kappa shape index (κ1) is 17.7. The zero-order valence-corrected chi connectivity index (χ0v) is 14.3. The highest BCUT2D eigenvalue weighted by atomic mass is 16.5. The summed E-state index contributed by atoms with van der Waals surface area (Å²) in [6.07, 6.45) is 0.0960. The van der Waals surface area contributed by atoms with Crippen LogP contribution in [0.15, 0.2) is 54.6 Å². The molecule has 24 heavy (non-hydrogen) atoms. The van der Waals surface area contributed by atoms with E-state index >= 15 is 0 Å². The Bertz CT molecular complexity index is 678. The number of esters is 1. The van der Waals surface area contributed by atoms with E-state index in [1.807, 2.05) is 30.3 Å². The molecule has 1 atom stereocenters. The van der Waals surface area contributed by atoms with E-state index in [2.05, 4.69) is 19.2 Å². The van der Waals surface area contributed by atoms with E-state index in [9.17, 15) is 9.59 Å². The average molecular weight is 325 g/mol. The van der Waals surface area contributed by atoms with Crippen LogP contribution in [-0.2, 0) is 16.0 Å². The van der Waals surface area contributed by atoms with Crippen molar-refractivity contribution in [2.24, 2.45) is 5.92 Å². The van der Waals surface area contributed by atoms with Gasteiger partial charge in [-0.3, -0.25) is 4.79 Å². The van der Waals surface area contributed by atoms with Crippen LogP contribution in [0.25, 0.3) is 0 Å². The largest absolute Gasteiger partial charge is 0.449 e. The van der Waals surface area contributed by atoms with Crippen molar-refractivity contribution in [1.82, 2.24) is 0 Å². The molecule has 0 aromatic heterocycles. The van der Waals surface area contributed by atoms with Gasteiger partial charge in [0, 0.05) is 5.69 Å². The van der Waals surface area contributed by atoms with Crippen LogP contribution in [0.3, 0.4) is 0 Å². The lowest BCUT2D eigenvalue weighted by Gasteiger charge is -2.14. The van der Waals surface area contributed by atoms with Crippen LogP contribution in [-0.4, -0.2) is 18.0 Å². The van der Waals surface area contributed by atoms with Gasteiger partial charge in [0.15, 0.2) is 6.10 Å². The summed E-state index contributed by atoms with van der Waals surface area (Å²) in [6.45, 7) is 5.85. The Hall–Kier alpha value is -2.62. The van der Waals surface area contributed by atoms with Gasteiger partial charge in [-0.1, -0.05) is 44.2 Å². The summed E-state index contributed by atoms with van der Waals surface area (Å²) in [6, 6.07) is 16.4. The number of hydrogen-bond donors (Lipinski definition) is 1. The molecule has 0 fully saturated rings. The van der Waals surface area contributed by atoms with Gasteiger partial charge in [0.2, 0.25) is 0 Å². The molecular formula is C20H23NO3. The number of benzene rings is 2. The van der Waals surface area contributed by atoms with Gasteiger partial charge in [0.05, 0.1) is 5.56 Å². The Kier molecular flexibility index (Phi) is 6.13. The molecule has 0 unspecified atom stereocenters. The Labute approximate surface area is 142 Å². The fraction of sp³-hybridized carbons (Fsp3) is 0.300. The fourth-order valence-corrected chi connectivity index (χ4v) is 2.30. The summed E-state index contributed by atoms with van der Waals surface area (Å²) in [5, 5.41) is 2.71. The lowest BCUT2D eigenvalue weighted by molar-refractivity contribution is -0.123. The number of hydrogen-bond acceptors (Lipinski definition) is 3.